The zero-order valence-corrected chi connectivity index (χ0v) is 10.8. The number of rotatable bonds is 4. The van der Waals surface area contributed by atoms with Gasteiger partial charge in [-0.1, -0.05) is 18.2 Å². The second kappa shape index (κ2) is 5.66. The van der Waals surface area contributed by atoms with Crippen LogP contribution in [0.25, 0.3) is 10.9 Å². The van der Waals surface area contributed by atoms with Gasteiger partial charge in [0.05, 0.1) is 17.2 Å². The first kappa shape index (κ1) is 14.0. The van der Waals surface area contributed by atoms with Crippen molar-refractivity contribution in [1.82, 2.24) is 10.3 Å². The molecule has 6 nitrogen and oxygen atoms in total. The number of hydrogen-bond donors (Lipinski definition) is 3. The molecule has 104 valence electrons. The summed E-state index contributed by atoms with van der Waals surface area (Å²) in [5.74, 6) is -1.87. The number of benzene rings is 1. The number of nitrogens with zero attached hydrogens (tertiary/aromatic N) is 1. The Kier molecular flexibility index (Phi) is 3.95. The van der Waals surface area contributed by atoms with Crippen molar-refractivity contribution in [2.75, 3.05) is 0 Å². The second-order valence-electron chi connectivity index (χ2n) is 4.41. The number of carbonyl (C=O) groups excluding carboxylic acids is 1. The van der Waals surface area contributed by atoms with Gasteiger partial charge < -0.3 is 15.5 Å². The average Bonchev–Trinajstić information content (AvgIpc) is 2.43. The van der Waals surface area contributed by atoms with Crippen LogP contribution in [0.1, 0.15) is 17.3 Å². The number of carboxylic acids is 1. The SMILES string of the molecule is CC(O)C(NC(=O)c1cccc2cccnc12)C(=O)O. The predicted octanol–water partition coefficient (Wildman–Crippen LogP) is 0.799. The van der Waals surface area contributed by atoms with E-state index in [1.165, 1.54) is 6.92 Å². The monoisotopic (exact) mass is 274 g/mol. The normalized spacial score (nSPS) is 13.7. The summed E-state index contributed by atoms with van der Waals surface area (Å²) >= 11 is 0. The lowest BCUT2D eigenvalue weighted by Gasteiger charge is -2.17. The summed E-state index contributed by atoms with van der Waals surface area (Å²) in [6.45, 7) is 1.31. The Morgan fingerprint density at radius 2 is 1.95 bits per heavy atom. The molecule has 2 unspecified atom stereocenters. The molecule has 2 atom stereocenters. The summed E-state index contributed by atoms with van der Waals surface area (Å²) in [5.41, 5.74) is 0.761. The van der Waals surface area contributed by atoms with Crippen LogP contribution in [-0.2, 0) is 4.79 Å². The van der Waals surface area contributed by atoms with Gasteiger partial charge >= 0.3 is 5.97 Å². The highest BCUT2D eigenvalue weighted by Crippen LogP contribution is 2.16. The lowest BCUT2D eigenvalue weighted by molar-refractivity contribution is -0.141. The number of fused-ring (bicyclic) bond motifs is 1. The van der Waals surface area contributed by atoms with Gasteiger partial charge in [-0.3, -0.25) is 9.78 Å². The van der Waals surface area contributed by atoms with E-state index in [-0.39, 0.29) is 5.56 Å². The molecule has 2 aromatic rings. The zero-order valence-electron chi connectivity index (χ0n) is 10.8. The molecule has 1 aromatic carbocycles. The van der Waals surface area contributed by atoms with E-state index < -0.39 is 24.0 Å². The van der Waals surface area contributed by atoms with Gasteiger partial charge in [-0.2, -0.15) is 0 Å². The summed E-state index contributed by atoms with van der Waals surface area (Å²) in [4.78, 5) is 27.3. The Labute approximate surface area is 115 Å². The molecule has 2 rings (SSSR count). The molecule has 6 heteroatoms. The molecule has 1 amide bonds. The van der Waals surface area contributed by atoms with Gasteiger partial charge in [0.25, 0.3) is 5.91 Å². The Morgan fingerprint density at radius 1 is 1.25 bits per heavy atom. The molecule has 1 heterocycles. The summed E-state index contributed by atoms with van der Waals surface area (Å²) in [5, 5.41) is 21.4. The second-order valence-corrected chi connectivity index (χ2v) is 4.41. The molecule has 3 N–H and O–H groups in total. The Balaban J connectivity index is 2.34. The highest BCUT2D eigenvalue weighted by molar-refractivity contribution is 6.06. The van der Waals surface area contributed by atoms with Crippen LogP contribution in [0.3, 0.4) is 0 Å². The van der Waals surface area contributed by atoms with Crippen LogP contribution < -0.4 is 5.32 Å². The standard InChI is InChI=1S/C14H14N2O4/c1-8(17)11(14(19)20)16-13(18)10-6-2-4-9-5-3-7-15-12(9)10/h2-8,11,17H,1H3,(H,16,18)(H,19,20). The van der Waals surface area contributed by atoms with Crippen molar-refractivity contribution in [1.29, 1.82) is 0 Å². The van der Waals surface area contributed by atoms with Crippen molar-refractivity contribution in [3.05, 3.63) is 42.1 Å². The van der Waals surface area contributed by atoms with Crippen LogP contribution in [0.5, 0.6) is 0 Å². The fourth-order valence-corrected chi connectivity index (χ4v) is 1.90. The highest BCUT2D eigenvalue weighted by atomic mass is 16.4. The summed E-state index contributed by atoms with van der Waals surface area (Å²) in [6, 6.07) is 7.26. The van der Waals surface area contributed by atoms with Gasteiger partial charge in [-0.25, -0.2) is 4.79 Å². The van der Waals surface area contributed by atoms with E-state index in [9.17, 15) is 14.7 Å². The van der Waals surface area contributed by atoms with Crippen molar-refractivity contribution < 1.29 is 19.8 Å². The largest absolute Gasteiger partial charge is 0.480 e. The number of aliphatic hydroxyl groups excluding tert-OH is 1. The van der Waals surface area contributed by atoms with E-state index in [4.69, 9.17) is 5.11 Å². The molecule has 0 saturated heterocycles. The first-order valence-corrected chi connectivity index (χ1v) is 6.06. The maximum Gasteiger partial charge on any atom is 0.328 e. The van der Waals surface area contributed by atoms with Crippen LogP contribution in [0.4, 0.5) is 0 Å². The van der Waals surface area contributed by atoms with Crippen LogP contribution in [0.15, 0.2) is 36.5 Å². The smallest absolute Gasteiger partial charge is 0.328 e. The number of pyridine rings is 1. The number of para-hydroxylation sites is 1. The van der Waals surface area contributed by atoms with E-state index in [1.54, 1.807) is 24.4 Å². The van der Waals surface area contributed by atoms with Crippen LogP contribution >= 0.6 is 0 Å². The van der Waals surface area contributed by atoms with Crippen LogP contribution in [0.2, 0.25) is 0 Å². The number of aromatic nitrogens is 1. The minimum atomic E-state index is -1.36. The number of nitrogens with one attached hydrogen (secondary N) is 1. The van der Waals surface area contributed by atoms with Crippen molar-refractivity contribution >= 4 is 22.8 Å². The van der Waals surface area contributed by atoms with E-state index in [1.807, 2.05) is 12.1 Å². The molecule has 0 radical (unpaired) electrons. The molecular weight excluding hydrogens is 260 g/mol. The molecule has 0 bridgehead atoms. The number of amides is 1. The average molecular weight is 274 g/mol. The zero-order chi connectivity index (χ0) is 14.7. The predicted molar refractivity (Wildman–Crippen MR) is 72.3 cm³/mol. The van der Waals surface area contributed by atoms with Gasteiger partial charge in [-0.15, -0.1) is 0 Å². The van der Waals surface area contributed by atoms with Gasteiger partial charge in [0.1, 0.15) is 0 Å². The van der Waals surface area contributed by atoms with Gasteiger partial charge in [0, 0.05) is 11.6 Å². The molecule has 1 aromatic heterocycles. The highest BCUT2D eigenvalue weighted by Gasteiger charge is 2.26. The fraction of sp³-hybridized carbons (Fsp3) is 0.214. The summed E-state index contributed by atoms with van der Waals surface area (Å²) < 4.78 is 0. The molecule has 0 fully saturated rings. The lowest BCUT2D eigenvalue weighted by atomic mass is 10.1. The molecule has 20 heavy (non-hydrogen) atoms. The van der Waals surface area contributed by atoms with Crippen molar-refractivity contribution in [2.24, 2.45) is 0 Å². The van der Waals surface area contributed by atoms with Crippen molar-refractivity contribution in [3.8, 4) is 0 Å². The molecule has 0 aliphatic rings. The minimum Gasteiger partial charge on any atom is -0.480 e. The molecule has 0 saturated carbocycles. The summed E-state index contributed by atoms with van der Waals surface area (Å²) in [7, 11) is 0. The molecule has 0 spiro atoms. The number of carboxylic acid groups (broad SMARTS) is 1. The lowest BCUT2D eigenvalue weighted by Crippen LogP contribution is -2.47. The van der Waals surface area contributed by atoms with E-state index in [0.29, 0.717) is 5.52 Å². The third-order valence-corrected chi connectivity index (χ3v) is 2.91. The van der Waals surface area contributed by atoms with Crippen LogP contribution in [-0.4, -0.2) is 39.2 Å². The van der Waals surface area contributed by atoms with Crippen LogP contribution in [0, 0.1) is 0 Å². The Bertz CT molecular complexity index is 649. The van der Waals surface area contributed by atoms with E-state index in [2.05, 4.69) is 10.3 Å². The fourth-order valence-electron chi connectivity index (χ4n) is 1.90. The third kappa shape index (κ3) is 2.75. The first-order valence-electron chi connectivity index (χ1n) is 6.06. The molecule has 0 aliphatic heterocycles. The quantitative estimate of drug-likeness (QED) is 0.765. The molecular formula is C14H14N2O4. The number of aliphatic hydroxyl groups is 1. The number of aliphatic carboxylic acids is 1. The van der Waals surface area contributed by atoms with Crippen molar-refractivity contribution in [3.63, 3.8) is 0 Å². The maximum absolute atomic E-state index is 12.2. The Hall–Kier alpha value is -2.47. The minimum absolute atomic E-state index is 0.273. The number of hydrogen-bond acceptors (Lipinski definition) is 4. The van der Waals surface area contributed by atoms with Gasteiger partial charge in [0.2, 0.25) is 0 Å². The van der Waals surface area contributed by atoms with Crippen molar-refractivity contribution in [2.45, 2.75) is 19.1 Å². The Morgan fingerprint density at radius 3 is 2.60 bits per heavy atom. The summed E-state index contributed by atoms with van der Waals surface area (Å²) in [6.07, 6.45) is 0.363. The maximum atomic E-state index is 12.2. The first-order chi connectivity index (χ1) is 9.50. The third-order valence-electron chi connectivity index (χ3n) is 2.91. The van der Waals surface area contributed by atoms with E-state index in [0.717, 1.165) is 5.39 Å². The van der Waals surface area contributed by atoms with Gasteiger partial charge in [0.15, 0.2) is 6.04 Å². The van der Waals surface area contributed by atoms with Gasteiger partial charge in [-0.05, 0) is 19.1 Å². The number of carbonyl (C=O) groups is 2. The molecule has 0 aliphatic carbocycles. The topological polar surface area (TPSA) is 99.5 Å². The van der Waals surface area contributed by atoms with E-state index >= 15 is 0 Å².